The van der Waals surface area contributed by atoms with Crippen molar-refractivity contribution < 1.29 is 14.7 Å². The molecule has 2 unspecified atom stereocenters. The van der Waals surface area contributed by atoms with Gasteiger partial charge in [-0.2, -0.15) is 0 Å². The van der Waals surface area contributed by atoms with Crippen molar-refractivity contribution in [3.05, 3.63) is 0 Å². The first kappa shape index (κ1) is 11.6. The number of nitrogens with zero attached hydrogens (tertiary/aromatic N) is 1. The van der Waals surface area contributed by atoms with Gasteiger partial charge in [-0.3, -0.25) is 14.5 Å². The highest BCUT2D eigenvalue weighted by atomic mass is 16.3. The molecule has 90 valence electrons. The lowest BCUT2D eigenvalue weighted by Gasteiger charge is -2.31. The van der Waals surface area contributed by atoms with Crippen LogP contribution in [0.3, 0.4) is 0 Å². The molecular formula is C12H19NO3. The molecule has 1 saturated carbocycles. The Kier molecular flexibility index (Phi) is 3.02. The molecular weight excluding hydrogens is 206 g/mol. The average molecular weight is 225 g/mol. The van der Waals surface area contributed by atoms with Crippen molar-refractivity contribution in [2.24, 2.45) is 11.8 Å². The van der Waals surface area contributed by atoms with Gasteiger partial charge in [0.05, 0.1) is 6.10 Å². The van der Waals surface area contributed by atoms with E-state index >= 15 is 0 Å². The molecule has 1 N–H and O–H groups in total. The molecule has 0 bridgehead atoms. The van der Waals surface area contributed by atoms with Crippen molar-refractivity contribution in [3.8, 4) is 0 Å². The van der Waals surface area contributed by atoms with Gasteiger partial charge in [0.1, 0.15) is 0 Å². The molecule has 0 aromatic rings. The third kappa shape index (κ3) is 1.75. The minimum Gasteiger partial charge on any atom is -0.393 e. The standard InChI is InChI=1S/C12H19NO3/c1-7-8(2)12(16)13(11(7)15)9-3-5-10(14)6-4-9/h7-10,14H,3-6H2,1-2H3. The van der Waals surface area contributed by atoms with Crippen LogP contribution in [-0.4, -0.2) is 34.0 Å². The molecule has 1 saturated heterocycles. The minimum absolute atomic E-state index is 0.0239. The number of hydrogen-bond acceptors (Lipinski definition) is 3. The Morgan fingerprint density at radius 3 is 1.88 bits per heavy atom. The second-order valence-corrected chi connectivity index (χ2v) is 5.09. The van der Waals surface area contributed by atoms with Gasteiger partial charge in [-0.1, -0.05) is 13.8 Å². The maximum absolute atomic E-state index is 11.9. The van der Waals surface area contributed by atoms with Crippen LogP contribution >= 0.6 is 0 Å². The van der Waals surface area contributed by atoms with Crippen molar-refractivity contribution in [2.45, 2.75) is 51.7 Å². The first-order valence-corrected chi connectivity index (χ1v) is 6.07. The summed E-state index contributed by atoms with van der Waals surface area (Å²) in [7, 11) is 0. The first-order valence-electron chi connectivity index (χ1n) is 6.07. The molecule has 2 aliphatic rings. The predicted octanol–water partition coefficient (Wildman–Crippen LogP) is 0.931. The van der Waals surface area contributed by atoms with E-state index in [-0.39, 0.29) is 35.8 Å². The SMILES string of the molecule is CC1C(=O)N(C2CCC(O)CC2)C(=O)C1C. The second kappa shape index (κ2) is 4.17. The molecule has 2 rings (SSSR count). The van der Waals surface area contributed by atoms with Crippen LogP contribution in [0.15, 0.2) is 0 Å². The molecule has 1 aliphatic carbocycles. The van der Waals surface area contributed by atoms with Crippen molar-refractivity contribution in [1.29, 1.82) is 0 Å². The summed E-state index contributed by atoms with van der Waals surface area (Å²) in [4.78, 5) is 25.4. The molecule has 1 heterocycles. The third-order valence-corrected chi connectivity index (χ3v) is 4.04. The Morgan fingerprint density at radius 1 is 1.00 bits per heavy atom. The number of carbonyl (C=O) groups excluding carboxylic acids is 2. The van der Waals surface area contributed by atoms with Gasteiger partial charge in [0.15, 0.2) is 0 Å². The van der Waals surface area contributed by atoms with Gasteiger partial charge in [0, 0.05) is 17.9 Å². The largest absolute Gasteiger partial charge is 0.393 e. The highest BCUT2D eigenvalue weighted by Gasteiger charge is 2.45. The van der Waals surface area contributed by atoms with Crippen LogP contribution in [-0.2, 0) is 9.59 Å². The Morgan fingerprint density at radius 2 is 1.44 bits per heavy atom. The fraction of sp³-hybridized carbons (Fsp3) is 0.833. The lowest BCUT2D eigenvalue weighted by molar-refractivity contribution is -0.143. The second-order valence-electron chi connectivity index (χ2n) is 5.09. The summed E-state index contributed by atoms with van der Waals surface area (Å²) < 4.78 is 0. The van der Waals surface area contributed by atoms with Crippen LogP contribution in [0.1, 0.15) is 39.5 Å². The average Bonchev–Trinajstić information content (AvgIpc) is 2.46. The summed E-state index contributed by atoms with van der Waals surface area (Å²) in [6, 6.07) is 0.0239. The fourth-order valence-corrected chi connectivity index (χ4v) is 2.65. The fourth-order valence-electron chi connectivity index (χ4n) is 2.65. The van der Waals surface area contributed by atoms with Gasteiger partial charge >= 0.3 is 0 Å². The number of aliphatic hydroxyl groups excluding tert-OH is 1. The monoisotopic (exact) mass is 225 g/mol. The Labute approximate surface area is 95.6 Å². The number of rotatable bonds is 1. The van der Waals surface area contributed by atoms with E-state index in [1.165, 1.54) is 4.90 Å². The van der Waals surface area contributed by atoms with E-state index in [0.717, 1.165) is 12.8 Å². The van der Waals surface area contributed by atoms with E-state index < -0.39 is 0 Å². The topological polar surface area (TPSA) is 57.6 Å². The maximum Gasteiger partial charge on any atom is 0.233 e. The van der Waals surface area contributed by atoms with E-state index in [9.17, 15) is 14.7 Å². The summed E-state index contributed by atoms with van der Waals surface area (Å²) in [5.41, 5.74) is 0. The van der Waals surface area contributed by atoms with Crippen molar-refractivity contribution in [1.82, 2.24) is 4.90 Å². The number of amides is 2. The predicted molar refractivity (Wildman–Crippen MR) is 58.4 cm³/mol. The van der Waals surface area contributed by atoms with Crippen LogP contribution < -0.4 is 0 Å². The van der Waals surface area contributed by atoms with Gasteiger partial charge in [0.25, 0.3) is 0 Å². The van der Waals surface area contributed by atoms with Gasteiger partial charge < -0.3 is 5.11 Å². The normalized spacial score (nSPS) is 40.6. The van der Waals surface area contributed by atoms with Gasteiger partial charge in [-0.15, -0.1) is 0 Å². The minimum atomic E-state index is -0.251. The Bertz CT molecular complexity index is 287. The van der Waals surface area contributed by atoms with E-state index in [0.29, 0.717) is 12.8 Å². The molecule has 0 spiro atoms. The van der Waals surface area contributed by atoms with Crippen LogP contribution in [0.2, 0.25) is 0 Å². The maximum atomic E-state index is 11.9. The lowest BCUT2D eigenvalue weighted by Crippen LogP contribution is -2.43. The smallest absolute Gasteiger partial charge is 0.233 e. The van der Waals surface area contributed by atoms with Gasteiger partial charge in [-0.05, 0) is 25.7 Å². The quantitative estimate of drug-likeness (QED) is 0.675. The number of carbonyl (C=O) groups is 2. The summed E-state index contributed by atoms with van der Waals surface area (Å²) in [6.45, 7) is 3.64. The summed E-state index contributed by atoms with van der Waals surface area (Å²) in [6.07, 6.45) is 2.64. The highest BCUT2D eigenvalue weighted by molar-refractivity contribution is 6.05. The van der Waals surface area contributed by atoms with Crippen LogP contribution in [0.5, 0.6) is 0 Å². The summed E-state index contributed by atoms with van der Waals surface area (Å²) in [5.74, 6) is -0.420. The third-order valence-electron chi connectivity index (χ3n) is 4.04. The van der Waals surface area contributed by atoms with Crippen LogP contribution in [0.4, 0.5) is 0 Å². The molecule has 4 nitrogen and oxygen atoms in total. The zero-order chi connectivity index (χ0) is 11.9. The molecule has 2 fully saturated rings. The highest BCUT2D eigenvalue weighted by Crippen LogP contribution is 2.32. The Hall–Kier alpha value is -0.900. The first-order chi connectivity index (χ1) is 7.52. The lowest BCUT2D eigenvalue weighted by atomic mass is 9.92. The van der Waals surface area contributed by atoms with Gasteiger partial charge in [-0.25, -0.2) is 0 Å². The molecule has 0 radical (unpaired) electrons. The van der Waals surface area contributed by atoms with E-state index in [1.54, 1.807) is 0 Å². The van der Waals surface area contributed by atoms with Crippen molar-refractivity contribution in [2.75, 3.05) is 0 Å². The summed E-state index contributed by atoms with van der Waals surface area (Å²) in [5, 5.41) is 9.42. The zero-order valence-electron chi connectivity index (χ0n) is 9.85. The van der Waals surface area contributed by atoms with Crippen molar-refractivity contribution >= 4 is 11.8 Å². The number of imide groups is 1. The molecule has 16 heavy (non-hydrogen) atoms. The van der Waals surface area contributed by atoms with Crippen LogP contribution in [0.25, 0.3) is 0 Å². The zero-order valence-corrected chi connectivity index (χ0v) is 9.85. The molecule has 4 heteroatoms. The number of likely N-dealkylation sites (tertiary alicyclic amines) is 1. The molecule has 0 aromatic heterocycles. The van der Waals surface area contributed by atoms with Gasteiger partial charge in [0.2, 0.25) is 11.8 Å². The van der Waals surface area contributed by atoms with Crippen LogP contribution in [0, 0.1) is 11.8 Å². The van der Waals surface area contributed by atoms with Crippen molar-refractivity contribution in [3.63, 3.8) is 0 Å². The molecule has 0 aromatic carbocycles. The number of hydrogen-bond donors (Lipinski definition) is 1. The van der Waals surface area contributed by atoms with E-state index in [2.05, 4.69) is 0 Å². The van der Waals surface area contributed by atoms with E-state index in [4.69, 9.17) is 0 Å². The number of aliphatic hydroxyl groups is 1. The Balaban J connectivity index is 2.10. The molecule has 1 aliphatic heterocycles. The van der Waals surface area contributed by atoms with E-state index in [1.807, 2.05) is 13.8 Å². The molecule has 2 amide bonds. The summed E-state index contributed by atoms with van der Waals surface area (Å²) >= 11 is 0. The molecule has 2 atom stereocenters.